The Balaban J connectivity index is 2.18. The third-order valence-corrected chi connectivity index (χ3v) is 3.13. The molecule has 0 bridgehead atoms. The lowest BCUT2D eigenvalue weighted by molar-refractivity contribution is 0.296. The van der Waals surface area contributed by atoms with Gasteiger partial charge in [0.25, 0.3) is 0 Å². The minimum Gasteiger partial charge on any atom is -0.493 e. The lowest BCUT2D eigenvalue weighted by Crippen LogP contribution is -2.34. The van der Waals surface area contributed by atoms with Crippen molar-refractivity contribution in [1.29, 1.82) is 0 Å². The predicted molar refractivity (Wildman–Crippen MR) is 62.4 cm³/mol. The number of ether oxygens (including phenoxy) is 1. The zero-order valence-corrected chi connectivity index (χ0v) is 9.49. The van der Waals surface area contributed by atoms with Crippen LogP contribution in [0.2, 0.25) is 0 Å². The topological polar surface area (TPSA) is 21.3 Å². The van der Waals surface area contributed by atoms with Crippen molar-refractivity contribution in [3.8, 4) is 5.75 Å². The van der Waals surface area contributed by atoms with Crippen LogP contribution in [0.3, 0.4) is 0 Å². The lowest BCUT2D eigenvalue weighted by atomic mass is 9.92. The van der Waals surface area contributed by atoms with Gasteiger partial charge in [-0.05, 0) is 19.0 Å². The lowest BCUT2D eigenvalue weighted by Gasteiger charge is -2.21. The summed E-state index contributed by atoms with van der Waals surface area (Å²) in [6, 6.07) is 8.92. The monoisotopic (exact) mass is 205 g/mol. The molecule has 1 aliphatic rings. The predicted octanol–water partition coefficient (Wildman–Crippen LogP) is 2.55. The Bertz CT molecular complexity index is 324. The molecular weight excluding hydrogens is 186 g/mol. The molecule has 0 saturated heterocycles. The van der Waals surface area contributed by atoms with E-state index in [1.54, 1.807) is 0 Å². The van der Waals surface area contributed by atoms with E-state index >= 15 is 0 Å². The normalized spacial score (nSPS) is 20.8. The van der Waals surface area contributed by atoms with Gasteiger partial charge in [0.05, 0.1) is 6.61 Å². The zero-order valence-electron chi connectivity index (χ0n) is 9.49. The van der Waals surface area contributed by atoms with Crippen molar-refractivity contribution < 1.29 is 4.74 Å². The second-order valence-corrected chi connectivity index (χ2v) is 4.03. The summed E-state index contributed by atoms with van der Waals surface area (Å²) in [5.74, 6) is 1.59. The second-order valence-electron chi connectivity index (χ2n) is 4.03. The van der Waals surface area contributed by atoms with E-state index in [-0.39, 0.29) is 0 Å². The molecule has 2 nitrogen and oxygen atoms in total. The fourth-order valence-corrected chi connectivity index (χ4v) is 2.35. The molecule has 2 unspecified atom stereocenters. The van der Waals surface area contributed by atoms with Crippen LogP contribution in [0.25, 0.3) is 0 Å². The molecule has 1 aromatic carbocycles. The van der Waals surface area contributed by atoms with Gasteiger partial charge in [0.2, 0.25) is 0 Å². The Kier molecular flexibility index (Phi) is 3.27. The SMILES string of the molecule is CCNC(CC)C1COc2ccccc21. The van der Waals surface area contributed by atoms with E-state index in [0.717, 1.165) is 25.3 Å². The van der Waals surface area contributed by atoms with Gasteiger partial charge in [-0.15, -0.1) is 0 Å². The van der Waals surface area contributed by atoms with Gasteiger partial charge >= 0.3 is 0 Å². The highest BCUT2D eigenvalue weighted by atomic mass is 16.5. The molecule has 0 aromatic heterocycles. The van der Waals surface area contributed by atoms with Crippen LogP contribution < -0.4 is 10.1 Å². The number of para-hydroxylation sites is 1. The third-order valence-electron chi connectivity index (χ3n) is 3.13. The summed E-state index contributed by atoms with van der Waals surface area (Å²) in [5.41, 5.74) is 1.37. The van der Waals surface area contributed by atoms with E-state index in [4.69, 9.17) is 4.74 Å². The first-order valence-corrected chi connectivity index (χ1v) is 5.82. The van der Waals surface area contributed by atoms with Crippen molar-refractivity contribution in [1.82, 2.24) is 5.32 Å². The van der Waals surface area contributed by atoms with Crippen LogP contribution in [0, 0.1) is 0 Å². The van der Waals surface area contributed by atoms with Gasteiger partial charge in [0, 0.05) is 17.5 Å². The van der Waals surface area contributed by atoms with Gasteiger partial charge in [-0.1, -0.05) is 32.0 Å². The molecule has 2 rings (SSSR count). The maximum Gasteiger partial charge on any atom is 0.122 e. The molecule has 1 N–H and O–H groups in total. The van der Waals surface area contributed by atoms with Gasteiger partial charge in [-0.3, -0.25) is 0 Å². The molecule has 0 amide bonds. The van der Waals surface area contributed by atoms with Crippen LogP contribution in [0.4, 0.5) is 0 Å². The Hall–Kier alpha value is -1.02. The molecule has 1 heterocycles. The van der Waals surface area contributed by atoms with E-state index in [9.17, 15) is 0 Å². The minimum absolute atomic E-state index is 0.520. The molecule has 0 radical (unpaired) electrons. The molecule has 15 heavy (non-hydrogen) atoms. The number of hydrogen-bond donors (Lipinski definition) is 1. The summed E-state index contributed by atoms with van der Waals surface area (Å²) in [4.78, 5) is 0. The molecule has 2 heteroatoms. The van der Waals surface area contributed by atoms with Gasteiger partial charge in [-0.2, -0.15) is 0 Å². The Morgan fingerprint density at radius 1 is 1.40 bits per heavy atom. The van der Waals surface area contributed by atoms with Gasteiger partial charge < -0.3 is 10.1 Å². The smallest absolute Gasteiger partial charge is 0.122 e. The highest BCUT2D eigenvalue weighted by Gasteiger charge is 2.29. The van der Waals surface area contributed by atoms with Crippen LogP contribution in [0.5, 0.6) is 5.75 Å². The van der Waals surface area contributed by atoms with Crippen molar-refractivity contribution in [2.45, 2.75) is 32.2 Å². The zero-order chi connectivity index (χ0) is 10.7. The summed E-state index contributed by atoms with van der Waals surface area (Å²) in [5, 5.41) is 3.54. The molecule has 1 aromatic rings. The van der Waals surface area contributed by atoms with E-state index in [2.05, 4.69) is 37.4 Å². The average molecular weight is 205 g/mol. The van der Waals surface area contributed by atoms with Gasteiger partial charge in [-0.25, -0.2) is 0 Å². The van der Waals surface area contributed by atoms with Gasteiger partial charge in [0.1, 0.15) is 5.75 Å². The average Bonchev–Trinajstić information content (AvgIpc) is 2.70. The maximum atomic E-state index is 5.70. The first-order valence-electron chi connectivity index (χ1n) is 5.82. The molecule has 1 aliphatic heterocycles. The van der Waals surface area contributed by atoms with Crippen molar-refractivity contribution in [2.24, 2.45) is 0 Å². The van der Waals surface area contributed by atoms with E-state index in [1.165, 1.54) is 5.56 Å². The van der Waals surface area contributed by atoms with Crippen LogP contribution in [0.15, 0.2) is 24.3 Å². The molecule has 0 aliphatic carbocycles. The van der Waals surface area contributed by atoms with Crippen molar-refractivity contribution in [3.63, 3.8) is 0 Å². The third kappa shape index (κ3) is 2.00. The van der Waals surface area contributed by atoms with Crippen molar-refractivity contribution >= 4 is 0 Å². The molecule has 0 fully saturated rings. The van der Waals surface area contributed by atoms with E-state index in [0.29, 0.717) is 12.0 Å². The van der Waals surface area contributed by atoms with E-state index < -0.39 is 0 Å². The Labute approximate surface area is 91.6 Å². The molecule has 82 valence electrons. The fraction of sp³-hybridized carbons (Fsp3) is 0.538. The van der Waals surface area contributed by atoms with Crippen LogP contribution >= 0.6 is 0 Å². The first kappa shape index (κ1) is 10.5. The maximum absolute atomic E-state index is 5.70. The first-order chi connectivity index (χ1) is 7.36. The van der Waals surface area contributed by atoms with E-state index in [1.807, 2.05) is 6.07 Å². The van der Waals surface area contributed by atoms with Crippen molar-refractivity contribution in [3.05, 3.63) is 29.8 Å². The molecule has 2 atom stereocenters. The quantitative estimate of drug-likeness (QED) is 0.815. The van der Waals surface area contributed by atoms with Crippen LogP contribution in [-0.4, -0.2) is 19.2 Å². The summed E-state index contributed by atoms with van der Waals surface area (Å²) in [6.07, 6.45) is 1.15. The number of hydrogen-bond acceptors (Lipinski definition) is 2. The number of likely N-dealkylation sites (N-methyl/N-ethyl adjacent to an activating group) is 1. The largest absolute Gasteiger partial charge is 0.493 e. The highest BCUT2D eigenvalue weighted by molar-refractivity contribution is 5.40. The molecule has 0 saturated carbocycles. The summed E-state index contributed by atoms with van der Waals surface area (Å²) in [6.45, 7) is 6.24. The van der Waals surface area contributed by atoms with Crippen molar-refractivity contribution in [2.75, 3.05) is 13.2 Å². The highest BCUT2D eigenvalue weighted by Crippen LogP contribution is 2.36. The Morgan fingerprint density at radius 3 is 2.93 bits per heavy atom. The standard InChI is InChI=1S/C13H19NO/c1-3-12(14-4-2)11-9-15-13-8-6-5-7-10(11)13/h5-8,11-12,14H,3-4,9H2,1-2H3. The summed E-state index contributed by atoms with van der Waals surface area (Å²) >= 11 is 0. The molecular formula is C13H19NO. The fourth-order valence-electron chi connectivity index (χ4n) is 2.35. The minimum atomic E-state index is 0.520. The second kappa shape index (κ2) is 4.67. The summed E-state index contributed by atoms with van der Waals surface area (Å²) < 4.78 is 5.70. The molecule has 0 spiro atoms. The van der Waals surface area contributed by atoms with Gasteiger partial charge in [0.15, 0.2) is 0 Å². The van der Waals surface area contributed by atoms with Crippen LogP contribution in [-0.2, 0) is 0 Å². The summed E-state index contributed by atoms with van der Waals surface area (Å²) in [7, 11) is 0. The number of benzene rings is 1. The number of fused-ring (bicyclic) bond motifs is 1. The number of nitrogens with one attached hydrogen (secondary N) is 1. The number of rotatable bonds is 4. The Morgan fingerprint density at radius 2 is 2.20 bits per heavy atom. The van der Waals surface area contributed by atoms with Crippen LogP contribution in [0.1, 0.15) is 31.7 Å².